The first-order valence-electron chi connectivity index (χ1n) is 2.55. The number of thioether (sulfide) groups is 1. The van der Waals surface area contributed by atoms with Crippen molar-refractivity contribution in [1.29, 1.82) is 0 Å². The van der Waals surface area contributed by atoms with E-state index < -0.39 is 0 Å². The summed E-state index contributed by atoms with van der Waals surface area (Å²) in [6.45, 7) is 2.00. The van der Waals surface area contributed by atoms with Crippen LogP contribution >= 0.6 is 11.8 Å². The molecule has 9 heavy (non-hydrogen) atoms. The van der Waals surface area contributed by atoms with Gasteiger partial charge in [-0.25, -0.2) is 0 Å². The van der Waals surface area contributed by atoms with Gasteiger partial charge in [0.1, 0.15) is 0 Å². The van der Waals surface area contributed by atoms with E-state index in [9.17, 15) is 0 Å². The summed E-state index contributed by atoms with van der Waals surface area (Å²) in [6, 6.07) is 0. The molecule has 0 bridgehead atoms. The molecule has 0 heterocycles. The normalized spacial score (nSPS) is 12.4. The second kappa shape index (κ2) is 6.44. The summed E-state index contributed by atoms with van der Waals surface area (Å²) in [5, 5.41) is 1.10. The molecule has 0 radical (unpaired) electrons. The van der Waals surface area contributed by atoms with Crippen LogP contribution in [0.25, 0.3) is 0 Å². The van der Waals surface area contributed by atoms with Crippen LogP contribution in [-0.2, 0) is 19.6 Å². The number of hydrogen-bond acceptors (Lipinski definition) is 2. The molecule has 3 heteroatoms. The van der Waals surface area contributed by atoms with Gasteiger partial charge < -0.3 is 0 Å². The molecular weight excluding hydrogens is 302 g/mol. The first kappa shape index (κ1) is 9.32. The first-order valence-corrected chi connectivity index (χ1v) is 5.09. The third kappa shape index (κ3) is 4.80. The SMILES string of the molecule is CC=C/C=C(\[N]=[W])SC. The molecule has 0 aliphatic rings. The number of hydrogen-bond donors (Lipinski definition) is 0. The summed E-state index contributed by atoms with van der Waals surface area (Å²) in [5.41, 5.74) is 0. The molecule has 0 aliphatic carbocycles. The Hall–Kier alpha value is 0.318. The predicted molar refractivity (Wildman–Crippen MR) is 38.8 cm³/mol. The van der Waals surface area contributed by atoms with Crippen LogP contribution in [0.15, 0.2) is 26.8 Å². The van der Waals surface area contributed by atoms with E-state index in [1.807, 2.05) is 31.4 Å². The monoisotopic (exact) mass is 311 g/mol. The Bertz CT molecular complexity index is 140. The Kier molecular flexibility index (Phi) is 6.67. The Labute approximate surface area is 71.4 Å². The van der Waals surface area contributed by atoms with E-state index in [-0.39, 0.29) is 0 Å². The van der Waals surface area contributed by atoms with Crippen molar-refractivity contribution in [2.45, 2.75) is 6.92 Å². The minimum atomic E-state index is 1.10. The predicted octanol–water partition coefficient (Wildman–Crippen LogP) is 2.50. The average Bonchev–Trinajstić information content (AvgIpc) is 1.91. The van der Waals surface area contributed by atoms with Crippen molar-refractivity contribution < 1.29 is 19.6 Å². The van der Waals surface area contributed by atoms with E-state index in [2.05, 4.69) is 3.50 Å². The van der Waals surface area contributed by atoms with Crippen molar-refractivity contribution in [1.82, 2.24) is 0 Å². The molecule has 0 amide bonds. The van der Waals surface area contributed by atoms with Gasteiger partial charge in [0.25, 0.3) is 0 Å². The van der Waals surface area contributed by atoms with Gasteiger partial charge in [0, 0.05) is 0 Å². The molecule has 0 N–H and O–H groups in total. The molecule has 0 aromatic heterocycles. The van der Waals surface area contributed by atoms with Gasteiger partial charge in [0.15, 0.2) is 0 Å². The molecule has 0 aromatic rings. The molecule has 50 valence electrons. The van der Waals surface area contributed by atoms with E-state index in [0.717, 1.165) is 5.03 Å². The van der Waals surface area contributed by atoms with Crippen molar-refractivity contribution in [3.05, 3.63) is 23.3 Å². The van der Waals surface area contributed by atoms with Crippen LogP contribution < -0.4 is 0 Å². The second-order valence-corrected chi connectivity index (χ2v) is 2.81. The van der Waals surface area contributed by atoms with Gasteiger partial charge >= 0.3 is 71.3 Å². The Morgan fingerprint density at radius 1 is 1.67 bits per heavy atom. The van der Waals surface area contributed by atoms with Gasteiger partial charge in [-0.05, 0) is 0 Å². The summed E-state index contributed by atoms with van der Waals surface area (Å²) >= 11 is 2.93. The van der Waals surface area contributed by atoms with E-state index in [0.29, 0.717) is 0 Å². The van der Waals surface area contributed by atoms with E-state index >= 15 is 0 Å². The molecule has 0 saturated carbocycles. The summed E-state index contributed by atoms with van der Waals surface area (Å²) in [4.78, 5) is 0. The average molecular weight is 311 g/mol. The molecule has 0 fully saturated rings. The van der Waals surface area contributed by atoms with E-state index in [1.54, 1.807) is 11.8 Å². The molecule has 0 rings (SSSR count). The fourth-order valence-corrected chi connectivity index (χ4v) is 1.63. The zero-order chi connectivity index (χ0) is 7.11. The fourth-order valence-electron chi connectivity index (χ4n) is 0.314. The van der Waals surface area contributed by atoms with Crippen molar-refractivity contribution in [3.8, 4) is 0 Å². The van der Waals surface area contributed by atoms with Crippen LogP contribution in [0, 0.1) is 0 Å². The molecule has 0 unspecified atom stereocenters. The van der Waals surface area contributed by atoms with Gasteiger partial charge in [-0.15, -0.1) is 0 Å². The van der Waals surface area contributed by atoms with Gasteiger partial charge in [-0.1, -0.05) is 0 Å². The van der Waals surface area contributed by atoms with Crippen molar-refractivity contribution >= 4 is 11.8 Å². The summed E-state index contributed by atoms with van der Waals surface area (Å²) in [6.07, 6.45) is 8.04. The molecule has 0 spiro atoms. The zero-order valence-electron chi connectivity index (χ0n) is 5.50. The van der Waals surface area contributed by atoms with Gasteiger partial charge in [-0.3, -0.25) is 0 Å². The van der Waals surface area contributed by atoms with Crippen LogP contribution in [0.1, 0.15) is 6.92 Å². The first-order chi connectivity index (χ1) is 4.35. The van der Waals surface area contributed by atoms with Crippen LogP contribution in [-0.4, -0.2) is 6.26 Å². The third-order valence-electron chi connectivity index (χ3n) is 0.730. The zero-order valence-corrected chi connectivity index (χ0v) is 9.25. The van der Waals surface area contributed by atoms with Crippen LogP contribution in [0.3, 0.4) is 0 Å². The van der Waals surface area contributed by atoms with E-state index in [4.69, 9.17) is 0 Å². The Morgan fingerprint density at radius 3 is 2.67 bits per heavy atom. The second-order valence-electron chi connectivity index (χ2n) is 1.33. The molecular formula is C6H9NSW. The number of rotatable bonds is 3. The molecule has 0 aliphatic heterocycles. The quantitative estimate of drug-likeness (QED) is 0.730. The maximum absolute atomic E-state index is 4.10. The van der Waals surface area contributed by atoms with Crippen molar-refractivity contribution in [2.24, 2.45) is 3.50 Å². The van der Waals surface area contributed by atoms with Crippen molar-refractivity contribution in [2.75, 3.05) is 6.26 Å². The summed E-state index contributed by atoms with van der Waals surface area (Å²) < 4.78 is 4.10. The van der Waals surface area contributed by atoms with Crippen LogP contribution in [0.4, 0.5) is 0 Å². The number of allylic oxidation sites excluding steroid dienone is 3. The van der Waals surface area contributed by atoms with Crippen LogP contribution in [0.2, 0.25) is 0 Å². The molecule has 1 nitrogen and oxygen atoms in total. The summed E-state index contributed by atoms with van der Waals surface area (Å²) in [7, 11) is 0. The standard InChI is InChI=1S/C6H9NS.W/c1-3-4-5-6(7)8-2;/h3-5H,1-2H3;/b4-3?,6-5+;. The van der Waals surface area contributed by atoms with Gasteiger partial charge in [0.05, 0.1) is 0 Å². The Balaban J connectivity index is 3.90. The topological polar surface area (TPSA) is 12.4 Å². The fraction of sp³-hybridized carbons (Fsp3) is 0.333. The molecule has 0 aromatic carbocycles. The van der Waals surface area contributed by atoms with E-state index in [1.165, 1.54) is 19.6 Å². The van der Waals surface area contributed by atoms with Gasteiger partial charge in [0.2, 0.25) is 0 Å². The third-order valence-corrected chi connectivity index (χ3v) is 2.54. The summed E-state index contributed by atoms with van der Waals surface area (Å²) in [5.74, 6) is 0. The molecule has 0 saturated heterocycles. The van der Waals surface area contributed by atoms with Crippen LogP contribution in [0.5, 0.6) is 0 Å². The van der Waals surface area contributed by atoms with Crippen molar-refractivity contribution in [3.63, 3.8) is 0 Å². The number of nitrogens with zero attached hydrogens (tertiary/aromatic N) is 1. The minimum absolute atomic E-state index is 1.10. The maximum atomic E-state index is 4.10. The Morgan fingerprint density at radius 2 is 2.33 bits per heavy atom. The van der Waals surface area contributed by atoms with Gasteiger partial charge in [-0.2, -0.15) is 0 Å². The molecule has 0 atom stereocenters.